The standard InChI is InChI=1S/C15H9F3N4/c16-15(17,18)12-6-11(10-2-4-20-14(10)22-12)9-5-8-1-3-19-13(8)21-7-9/h1-7H,(H,19,21)(H,20,22). The average Bonchev–Trinajstić information content (AvgIpc) is 3.13. The van der Waals surface area contributed by atoms with Gasteiger partial charge < -0.3 is 9.97 Å². The number of halogens is 3. The van der Waals surface area contributed by atoms with Crippen LogP contribution in [0.1, 0.15) is 5.69 Å². The van der Waals surface area contributed by atoms with E-state index in [1.165, 1.54) is 0 Å². The number of aromatic nitrogens is 4. The molecule has 4 heterocycles. The zero-order chi connectivity index (χ0) is 15.3. The minimum atomic E-state index is -4.50. The third-order valence-corrected chi connectivity index (χ3v) is 3.53. The first kappa shape index (κ1) is 12.9. The highest BCUT2D eigenvalue weighted by atomic mass is 19.4. The van der Waals surface area contributed by atoms with Gasteiger partial charge in [0.15, 0.2) is 0 Å². The Kier molecular flexibility index (Phi) is 2.53. The van der Waals surface area contributed by atoms with E-state index in [0.29, 0.717) is 22.2 Å². The lowest BCUT2D eigenvalue weighted by atomic mass is 10.0. The molecule has 0 bridgehead atoms. The van der Waals surface area contributed by atoms with Crippen LogP contribution in [0.5, 0.6) is 0 Å². The molecular formula is C15H9F3N4. The summed E-state index contributed by atoms with van der Waals surface area (Å²) in [5, 5.41) is 1.47. The fourth-order valence-corrected chi connectivity index (χ4v) is 2.51. The molecule has 0 aliphatic heterocycles. The highest BCUT2D eigenvalue weighted by Crippen LogP contribution is 2.35. The van der Waals surface area contributed by atoms with Gasteiger partial charge in [0.1, 0.15) is 17.0 Å². The number of nitrogens with zero attached hydrogens (tertiary/aromatic N) is 2. The summed E-state index contributed by atoms with van der Waals surface area (Å²) in [6.07, 6.45) is 0.366. The van der Waals surface area contributed by atoms with Gasteiger partial charge in [-0.2, -0.15) is 13.2 Å². The first-order chi connectivity index (χ1) is 10.5. The SMILES string of the molecule is FC(F)(F)c1cc(-c2cnc3[nH]ccc3c2)c2cc[nH]c2n1. The molecule has 0 aromatic carbocycles. The van der Waals surface area contributed by atoms with Gasteiger partial charge in [0, 0.05) is 34.9 Å². The monoisotopic (exact) mass is 302 g/mol. The van der Waals surface area contributed by atoms with Crippen LogP contribution in [0.3, 0.4) is 0 Å². The molecule has 0 saturated carbocycles. The van der Waals surface area contributed by atoms with Gasteiger partial charge >= 0.3 is 6.18 Å². The van der Waals surface area contributed by atoms with E-state index in [1.807, 2.05) is 6.07 Å². The number of aromatic amines is 2. The zero-order valence-corrected chi connectivity index (χ0v) is 11.1. The lowest BCUT2D eigenvalue weighted by Crippen LogP contribution is -2.08. The van der Waals surface area contributed by atoms with Crippen LogP contribution in [-0.4, -0.2) is 19.9 Å². The Morgan fingerprint density at radius 3 is 2.55 bits per heavy atom. The molecule has 110 valence electrons. The summed E-state index contributed by atoms with van der Waals surface area (Å²) in [5.74, 6) is 0. The number of hydrogen-bond acceptors (Lipinski definition) is 2. The fraction of sp³-hybridized carbons (Fsp3) is 0.0667. The molecule has 2 N–H and O–H groups in total. The highest BCUT2D eigenvalue weighted by molar-refractivity contribution is 5.95. The van der Waals surface area contributed by atoms with Crippen LogP contribution in [0.2, 0.25) is 0 Å². The van der Waals surface area contributed by atoms with E-state index in [1.54, 1.807) is 30.7 Å². The third-order valence-electron chi connectivity index (χ3n) is 3.53. The Bertz CT molecular complexity index is 981. The topological polar surface area (TPSA) is 57.4 Å². The largest absolute Gasteiger partial charge is 0.433 e. The van der Waals surface area contributed by atoms with Gasteiger partial charge in [-0.15, -0.1) is 0 Å². The molecule has 0 amide bonds. The Morgan fingerprint density at radius 2 is 1.73 bits per heavy atom. The third kappa shape index (κ3) is 1.93. The summed E-state index contributed by atoms with van der Waals surface area (Å²) in [6.45, 7) is 0. The molecule has 0 fully saturated rings. The van der Waals surface area contributed by atoms with Crippen LogP contribution in [0.15, 0.2) is 42.9 Å². The van der Waals surface area contributed by atoms with Crippen LogP contribution in [0, 0.1) is 0 Å². The predicted octanol–water partition coefficient (Wildman–Crippen LogP) is 4.13. The number of nitrogens with one attached hydrogen (secondary N) is 2. The highest BCUT2D eigenvalue weighted by Gasteiger charge is 2.33. The van der Waals surface area contributed by atoms with Crippen molar-refractivity contribution in [2.24, 2.45) is 0 Å². The van der Waals surface area contributed by atoms with Gasteiger partial charge in [0.25, 0.3) is 0 Å². The Hall–Kier alpha value is -2.83. The summed E-state index contributed by atoms with van der Waals surface area (Å²) in [6, 6.07) is 6.40. The van der Waals surface area contributed by atoms with Gasteiger partial charge in [0.2, 0.25) is 0 Å². The normalized spacial score (nSPS) is 12.3. The Labute approximate surface area is 122 Å². The van der Waals surface area contributed by atoms with Crippen LogP contribution in [-0.2, 0) is 6.18 Å². The second-order valence-electron chi connectivity index (χ2n) is 4.93. The van der Waals surface area contributed by atoms with E-state index in [-0.39, 0.29) is 5.65 Å². The van der Waals surface area contributed by atoms with Gasteiger partial charge in [0.05, 0.1) is 0 Å². The van der Waals surface area contributed by atoms with Crippen LogP contribution in [0.4, 0.5) is 13.2 Å². The van der Waals surface area contributed by atoms with E-state index in [9.17, 15) is 13.2 Å². The van der Waals surface area contributed by atoms with Crippen molar-refractivity contribution in [1.29, 1.82) is 0 Å². The predicted molar refractivity (Wildman–Crippen MR) is 76.2 cm³/mol. The Morgan fingerprint density at radius 1 is 0.955 bits per heavy atom. The maximum absolute atomic E-state index is 13.0. The van der Waals surface area contributed by atoms with Crippen molar-refractivity contribution in [3.8, 4) is 11.1 Å². The summed E-state index contributed by atoms with van der Waals surface area (Å²) < 4.78 is 39.1. The molecule has 7 heteroatoms. The number of pyridine rings is 2. The average molecular weight is 302 g/mol. The molecule has 0 unspecified atom stereocenters. The second-order valence-corrected chi connectivity index (χ2v) is 4.93. The van der Waals surface area contributed by atoms with Crippen molar-refractivity contribution in [2.75, 3.05) is 0 Å². The molecular weight excluding hydrogens is 293 g/mol. The molecule has 0 aliphatic carbocycles. The molecule has 4 aromatic rings. The number of fused-ring (bicyclic) bond motifs is 2. The van der Waals surface area contributed by atoms with E-state index in [2.05, 4.69) is 19.9 Å². The van der Waals surface area contributed by atoms with Gasteiger partial charge in [-0.25, -0.2) is 9.97 Å². The lowest BCUT2D eigenvalue weighted by Gasteiger charge is -2.10. The van der Waals surface area contributed by atoms with Crippen molar-refractivity contribution in [1.82, 2.24) is 19.9 Å². The van der Waals surface area contributed by atoms with Crippen molar-refractivity contribution in [3.05, 3.63) is 48.5 Å². The molecule has 0 atom stereocenters. The van der Waals surface area contributed by atoms with Crippen molar-refractivity contribution in [3.63, 3.8) is 0 Å². The van der Waals surface area contributed by atoms with E-state index >= 15 is 0 Å². The molecule has 0 aliphatic rings. The van der Waals surface area contributed by atoms with Gasteiger partial charge in [-0.1, -0.05) is 0 Å². The fourth-order valence-electron chi connectivity index (χ4n) is 2.51. The molecule has 4 nitrogen and oxygen atoms in total. The van der Waals surface area contributed by atoms with Crippen LogP contribution >= 0.6 is 0 Å². The van der Waals surface area contributed by atoms with Crippen molar-refractivity contribution >= 4 is 22.1 Å². The number of rotatable bonds is 1. The molecule has 22 heavy (non-hydrogen) atoms. The summed E-state index contributed by atoms with van der Waals surface area (Å²) >= 11 is 0. The number of hydrogen-bond donors (Lipinski definition) is 2. The lowest BCUT2D eigenvalue weighted by molar-refractivity contribution is -0.140. The minimum Gasteiger partial charge on any atom is -0.346 e. The summed E-state index contributed by atoms with van der Waals surface area (Å²) in [4.78, 5) is 13.6. The Balaban J connectivity index is 2.01. The molecule has 4 aromatic heterocycles. The first-order valence-corrected chi connectivity index (χ1v) is 6.51. The number of alkyl halides is 3. The quantitative estimate of drug-likeness (QED) is 0.555. The molecule has 0 radical (unpaired) electrons. The first-order valence-electron chi connectivity index (χ1n) is 6.51. The maximum atomic E-state index is 13.0. The summed E-state index contributed by atoms with van der Waals surface area (Å²) in [5.41, 5.74) is 1.04. The molecule has 0 saturated heterocycles. The van der Waals surface area contributed by atoms with E-state index in [0.717, 1.165) is 11.5 Å². The van der Waals surface area contributed by atoms with Crippen LogP contribution < -0.4 is 0 Å². The number of H-pyrrole nitrogens is 2. The van der Waals surface area contributed by atoms with Gasteiger partial charge in [-0.05, 0) is 29.8 Å². The van der Waals surface area contributed by atoms with E-state index in [4.69, 9.17) is 0 Å². The van der Waals surface area contributed by atoms with Crippen LogP contribution in [0.25, 0.3) is 33.2 Å². The van der Waals surface area contributed by atoms with Crippen molar-refractivity contribution < 1.29 is 13.2 Å². The van der Waals surface area contributed by atoms with E-state index < -0.39 is 11.9 Å². The van der Waals surface area contributed by atoms with Gasteiger partial charge in [-0.3, -0.25) is 0 Å². The smallest absolute Gasteiger partial charge is 0.346 e. The molecule has 0 spiro atoms. The summed E-state index contributed by atoms with van der Waals surface area (Å²) in [7, 11) is 0. The maximum Gasteiger partial charge on any atom is 0.433 e. The van der Waals surface area contributed by atoms with Crippen molar-refractivity contribution in [2.45, 2.75) is 6.18 Å². The molecule has 4 rings (SSSR count). The minimum absolute atomic E-state index is 0.207. The second kappa shape index (κ2) is 4.33. The zero-order valence-electron chi connectivity index (χ0n) is 11.1.